The van der Waals surface area contributed by atoms with Crippen LogP contribution in [0.3, 0.4) is 0 Å². The number of aromatic nitrogens is 4. The first kappa shape index (κ1) is 14.1. The summed E-state index contributed by atoms with van der Waals surface area (Å²) in [5, 5.41) is 10.9. The van der Waals surface area contributed by atoms with Crippen molar-refractivity contribution in [2.45, 2.75) is 25.6 Å². The van der Waals surface area contributed by atoms with Crippen LogP contribution in [-0.2, 0) is 6.54 Å². The molecule has 1 heterocycles. The number of nitrogen functional groups attached to an aromatic ring is 2. The molecule has 0 saturated carbocycles. The van der Waals surface area contributed by atoms with Gasteiger partial charge in [-0.1, -0.05) is 0 Å². The quantitative estimate of drug-likeness (QED) is 0.836. The van der Waals surface area contributed by atoms with Crippen molar-refractivity contribution < 1.29 is 13.2 Å². The molecule has 6 nitrogen and oxygen atoms in total. The number of rotatable bonds is 4. The van der Waals surface area contributed by atoms with Gasteiger partial charge in [0, 0.05) is 29.9 Å². The van der Waals surface area contributed by atoms with Crippen molar-refractivity contribution in [1.29, 1.82) is 0 Å². The zero-order chi connectivity index (χ0) is 14.8. The Hall–Kier alpha value is -2.32. The number of alkyl halides is 3. The summed E-state index contributed by atoms with van der Waals surface area (Å²) in [6, 6.07) is 4.81. The molecule has 20 heavy (non-hydrogen) atoms. The zero-order valence-corrected chi connectivity index (χ0v) is 10.4. The second-order valence-corrected chi connectivity index (χ2v) is 4.29. The maximum atomic E-state index is 12.1. The van der Waals surface area contributed by atoms with Crippen molar-refractivity contribution in [3.8, 4) is 11.4 Å². The predicted molar refractivity (Wildman–Crippen MR) is 67.4 cm³/mol. The van der Waals surface area contributed by atoms with Crippen molar-refractivity contribution in [3.05, 3.63) is 18.2 Å². The van der Waals surface area contributed by atoms with Gasteiger partial charge in [0.1, 0.15) is 0 Å². The molecule has 2 rings (SSSR count). The van der Waals surface area contributed by atoms with E-state index in [1.807, 2.05) is 0 Å². The van der Waals surface area contributed by atoms with E-state index in [1.54, 1.807) is 18.2 Å². The SMILES string of the molecule is Nc1ccc(-c2nnnn2CCCC(F)(F)F)c(N)c1. The fraction of sp³-hybridized carbons (Fsp3) is 0.364. The summed E-state index contributed by atoms with van der Waals surface area (Å²) in [5.74, 6) is 0.324. The molecule has 0 aliphatic carbocycles. The van der Waals surface area contributed by atoms with Gasteiger partial charge >= 0.3 is 6.18 Å². The molecule has 4 N–H and O–H groups in total. The minimum absolute atomic E-state index is 0.0612. The largest absolute Gasteiger partial charge is 0.399 e. The Morgan fingerprint density at radius 1 is 1.20 bits per heavy atom. The number of nitrogens with zero attached hydrogens (tertiary/aromatic N) is 4. The van der Waals surface area contributed by atoms with Crippen LogP contribution in [0.25, 0.3) is 11.4 Å². The summed E-state index contributed by atoms with van der Waals surface area (Å²) in [6.07, 6.45) is -5.17. The van der Waals surface area contributed by atoms with Gasteiger partial charge in [0.25, 0.3) is 0 Å². The third kappa shape index (κ3) is 3.37. The van der Waals surface area contributed by atoms with E-state index in [-0.39, 0.29) is 13.0 Å². The molecule has 0 aliphatic heterocycles. The molecule has 0 spiro atoms. The average molecular weight is 286 g/mol. The van der Waals surface area contributed by atoms with Crippen LogP contribution in [0.15, 0.2) is 18.2 Å². The summed E-state index contributed by atoms with van der Waals surface area (Å²) in [6.45, 7) is 0.0612. The number of halogens is 3. The highest BCUT2D eigenvalue weighted by molar-refractivity contribution is 5.74. The predicted octanol–water partition coefficient (Wildman–Crippen LogP) is 1.85. The fourth-order valence-corrected chi connectivity index (χ4v) is 1.76. The molecule has 1 aromatic carbocycles. The van der Waals surface area contributed by atoms with Gasteiger partial charge in [-0.15, -0.1) is 5.10 Å². The average Bonchev–Trinajstić information content (AvgIpc) is 2.75. The Kier molecular flexibility index (Phi) is 3.77. The third-order valence-corrected chi connectivity index (χ3v) is 2.68. The lowest BCUT2D eigenvalue weighted by molar-refractivity contribution is -0.136. The molecule has 0 saturated heterocycles. The molecular weight excluding hydrogens is 273 g/mol. The molecule has 108 valence electrons. The van der Waals surface area contributed by atoms with Gasteiger partial charge in [-0.25, -0.2) is 4.68 Å². The Labute approximate surface area is 112 Å². The molecule has 0 atom stereocenters. The molecule has 0 aliphatic rings. The molecule has 9 heteroatoms. The molecule has 1 aromatic heterocycles. The Balaban J connectivity index is 2.16. The first-order valence-electron chi connectivity index (χ1n) is 5.85. The number of hydrogen-bond donors (Lipinski definition) is 2. The Morgan fingerprint density at radius 3 is 2.60 bits per heavy atom. The Bertz CT molecular complexity index is 592. The third-order valence-electron chi connectivity index (χ3n) is 2.68. The Morgan fingerprint density at radius 2 is 1.95 bits per heavy atom. The highest BCUT2D eigenvalue weighted by atomic mass is 19.4. The lowest BCUT2D eigenvalue weighted by atomic mass is 10.1. The van der Waals surface area contributed by atoms with E-state index in [2.05, 4.69) is 15.5 Å². The summed E-state index contributed by atoms with van der Waals surface area (Å²) in [4.78, 5) is 0. The van der Waals surface area contributed by atoms with E-state index in [9.17, 15) is 13.2 Å². The van der Waals surface area contributed by atoms with E-state index in [0.717, 1.165) is 0 Å². The lowest BCUT2D eigenvalue weighted by Crippen LogP contribution is -2.11. The van der Waals surface area contributed by atoms with Gasteiger partial charge in [-0.3, -0.25) is 0 Å². The number of aryl methyl sites for hydroxylation is 1. The highest BCUT2D eigenvalue weighted by Gasteiger charge is 2.26. The van der Waals surface area contributed by atoms with Gasteiger partial charge in [-0.2, -0.15) is 13.2 Å². The van der Waals surface area contributed by atoms with Gasteiger partial charge < -0.3 is 11.5 Å². The van der Waals surface area contributed by atoms with Crippen LogP contribution >= 0.6 is 0 Å². The normalized spacial score (nSPS) is 11.8. The van der Waals surface area contributed by atoms with E-state index in [4.69, 9.17) is 11.5 Å². The van der Waals surface area contributed by atoms with Gasteiger partial charge in [-0.05, 0) is 35.0 Å². The number of tetrazole rings is 1. The minimum Gasteiger partial charge on any atom is -0.399 e. The maximum absolute atomic E-state index is 12.1. The lowest BCUT2D eigenvalue weighted by Gasteiger charge is -2.08. The maximum Gasteiger partial charge on any atom is 0.389 e. The number of benzene rings is 1. The summed E-state index contributed by atoms with van der Waals surface area (Å²) >= 11 is 0. The van der Waals surface area contributed by atoms with Crippen molar-refractivity contribution >= 4 is 11.4 Å². The molecule has 0 fully saturated rings. The van der Waals surface area contributed by atoms with Crippen LogP contribution < -0.4 is 11.5 Å². The number of anilines is 2. The molecule has 0 bridgehead atoms. The van der Waals surface area contributed by atoms with Crippen molar-refractivity contribution in [2.75, 3.05) is 11.5 Å². The highest BCUT2D eigenvalue weighted by Crippen LogP contribution is 2.26. The summed E-state index contributed by atoms with van der Waals surface area (Å²) in [5.41, 5.74) is 12.8. The number of nitrogens with two attached hydrogens (primary N) is 2. The van der Waals surface area contributed by atoms with Crippen LogP contribution in [0, 0.1) is 0 Å². The number of hydrogen-bond acceptors (Lipinski definition) is 5. The van der Waals surface area contributed by atoms with Crippen LogP contribution in [0.2, 0.25) is 0 Å². The van der Waals surface area contributed by atoms with Gasteiger partial charge in [0.15, 0.2) is 5.82 Å². The van der Waals surface area contributed by atoms with Gasteiger partial charge in [0.05, 0.1) is 0 Å². The zero-order valence-electron chi connectivity index (χ0n) is 10.4. The van der Waals surface area contributed by atoms with Crippen LogP contribution in [0.1, 0.15) is 12.8 Å². The van der Waals surface area contributed by atoms with E-state index in [0.29, 0.717) is 22.8 Å². The second kappa shape index (κ2) is 5.35. The first-order chi connectivity index (χ1) is 9.37. The molecular formula is C11H13F3N6. The second-order valence-electron chi connectivity index (χ2n) is 4.29. The first-order valence-corrected chi connectivity index (χ1v) is 5.85. The van der Waals surface area contributed by atoms with Crippen LogP contribution in [0.5, 0.6) is 0 Å². The van der Waals surface area contributed by atoms with Crippen molar-refractivity contribution in [1.82, 2.24) is 20.2 Å². The molecule has 0 unspecified atom stereocenters. The smallest absolute Gasteiger partial charge is 0.389 e. The van der Waals surface area contributed by atoms with Crippen LogP contribution in [-0.4, -0.2) is 26.4 Å². The van der Waals surface area contributed by atoms with E-state index >= 15 is 0 Å². The monoisotopic (exact) mass is 286 g/mol. The van der Waals surface area contributed by atoms with Crippen molar-refractivity contribution in [2.24, 2.45) is 0 Å². The van der Waals surface area contributed by atoms with E-state index in [1.165, 1.54) is 4.68 Å². The molecule has 0 radical (unpaired) electrons. The topological polar surface area (TPSA) is 95.6 Å². The molecule has 2 aromatic rings. The van der Waals surface area contributed by atoms with E-state index < -0.39 is 12.6 Å². The van der Waals surface area contributed by atoms with Crippen molar-refractivity contribution in [3.63, 3.8) is 0 Å². The summed E-state index contributed by atoms with van der Waals surface area (Å²) < 4.78 is 37.7. The molecule has 0 amide bonds. The summed E-state index contributed by atoms with van der Waals surface area (Å²) in [7, 11) is 0. The minimum atomic E-state index is -4.19. The fourth-order valence-electron chi connectivity index (χ4n) is 1.76. The van der Waals surface area contributed by atoms with Gasteiger partial charge in [0.2, 0.25) is 0 Å². The van der Waals surface area contributed by atoms with Crippen LogP contribution in [0.4, 0.5) is 24.5 Å². The standard InChI is InChI=1S/C11H13F3N6/c12-11(13,14)4-1-5-20-10(17-18-19-20)8-3-2-7(15)6-9(8)16/h2-3,6H,1,4-5,15-16H2.